The zero-order chi connectivity index (χ0) is 55.1. The quantitative estimate of drug-likeness (QED) is 0.0804. The van der Waals surface area contributed by atoms with Crippen molar-refractivity contribution in [3.8, 4) is 29.0 Å². The molecular weight excluding hydrogens is 1010 g/mol. The highest BCUT2D eigenvalue weighted by molar-refractivity contribution is 5.91. The second-order valence-electron chi connectivity index (χ2n) is 22.9. The molecule has 0 spiro atoms. The highest BCUT2D eigenvalue weighted by Crippen LogP contribution is 2.41. The summed E-state index contributed by atoms with van der Waals surface area (Å²) in [6.45, 7) is 11.4. The third kappa shape index (κ3) is 11.5. The van der Waals surface area contributed by atoms with Crippen LogP contribution in [0, 0.1) is 34.8 Å². The number of likely N-dealkylation sites (tertiary alicyclic amines) is 2. The van der Waals surface area contributed by atoms with E-state index in [-0.39, 0.29) is 60.6 Å². The minimum Gasteiger partial charge on any atom is -0.507 e. The van der Waals surface area contributed by atoms with Gasteiger partial charge in [0, 0.05) is 119 Å². The number of nitrogens with one attached hydrogen (secondary N) is 1. The monoisotopic (exact) mass is 1080 g/mol. The number of aliphatic hydroxyl groups is 1. The first-order valence-electron chi connectivity index (χ1n) is 28.0. The van der Waals surface area contributed by atoms with Gasteiger partial charge in [0.15, 0.2) is 17.4 Å². The Morgan fingerprint density at radius 3 is 2.34 bits per heavy atom. The summed E-state index contributed by atoms with van der Waals surface area (Å²) in [5.41, 5.74) is 8.97. The van der Waals surface area contributed by atoms with E-state index in [9.17, 15) is 28.6 Å². The Labute approximate surface area is 458 Å². The number of aromatic nitrogens is 4. The average Bonchev–Trinajstić information content (AvgIpc) is 4.24. The molecule has 3 aromatic heterocycles. The van der Waals surface area contributed by atoms with E-state index in [4.69, 9.17) is 25.0 Å². The van der Waals surface area contributed by atoms with E-state index in [1.807, 2.05) is 44.3 Å². The number of fused-ring (bicyclic) bond motifs is 2. The first-order valence-corrected chi connectivity index (χ1v) is 28.0. The number of phenols is 1. The zero-order valence-corrected chi connectivity index (χ0v) is 45.0. The summed E-state index contributed by atoms with van der Waals surface area (Å²) in [6.07, 6.45) is 9.16. The van der Waals surface area contributed by atoms with Gasteiger partial charge in [-0.2, -0.15) is 5.26 Å². The lowest BCUT2D eigenvalue weighted by molar-refractivity contribution is -0.141. The Morgan fingerprint density at radius 2 is 1.62 bits per heavy atom. The molecule has 0 radical (unpaired) electrons. The third-order valence-electron chi connectivity index (χ3n) is 17.2. The number of carbonyl (C=O) groups excluding carboxylic acids is 2. The fourth-order valence-electron chi connectivity index (χ4n) is 12.9. The molecule has 6 aliphatic rings. The molecular formula is C58H70F2N12O7. The first-order chi connectivity index (χ1) is 38.2. The number of nitrogens with zero attached hydrogens (tertiary/aromatic N) is 10. The van der Waals surface area contributed by atoms with E-state index in [1.165, 1.54) is 11.8 Å². The maximum Gasteiger partial charge on any atom is 0.243 e. The van der Waals surface area contributed by atoms with Crippen LogP contribution in [0.1, 0.15) is 107 Å². The topological polar surface area (TPSA) is 236 Å². The number of phenolic OH excluding ortho intramolecular Hbond substituents is 1. The number of hydrogen-bond acceptors (Lipinski definition) is 17. The van der Waals surface area contributed by atoms with Crippen molar-refractivity contribution in [2.24, 2.45) is 11.8 Å². The number of pyridine rings is 1. The highest BCUT2D eigenvalue weighted by atomic mass is 19.1. The van der Waals surface area contributed by atoms with Crippen molar-refractivity contribution in [3.05, 3.63) is 95.4 Å². The number of benzene rings is 2. The molecule has 8 heterocycles. The van der Waals surface area contributed by atoms with Gasteiger partial charge < -0.3 is 59.8 Å². The van der Waals surface area contributed by atoms with Gasteiger partial charge in [-0.3, -0.25) is 9.59 Å². The number of piperidine rings is 2. The second-order valence-corrected chi connectivity index (χ2v) is 22.9. The van der Waals surface area contributed by atoms with E-state index in [0.29, 0.717) is 40.5 Å². The lowest BCUT2D eigenvalue weighted by atomic mass is 9.91. The average molecular weight is 1090 g/mol. The van der Waals surface area contributed by atoms with Gasteiger partial charge in [-0.25, -0.2) is 13.8 Å². The van der Waals surface area contributed by atoms with Crippen LogP contribution in [0.2, 0.25) is 0 Å². The molecule has 1 aliphatic carbocycles. The number of amides is 2. The number of nitriles is 1. The van der Waals surface area contributed by atoms with Crippen LogP contribution in [-0.2, 0) is 14.3 Å². The highest BCUT2D eigenvalue weighted by Gasteiger charge is 2.45. The number of para-hydroxylation sites is 1. The van der Waals surface area contributed by atoms with E-state index >= 15 is 0 Å². The minimum atomic E-state index is -1.05. The minimum absolute atomic E-state index is 0.0200. The van der Waals surface area contributed by atoms with E-state index in [1.54, 1.807) is 18.2 Å². The van der Waals surface area contributed by atoms with Gasteiger partial charge in [-0.05, 0) is 93.7 Å². The SMILES string of the molecule is CC(C)[C@@H](C(=O)N1C[C@H](O)C[C@H]1C(=O)N[C@H](C)c1cc(F)c(C#N)cc1F)c1cc(N2CCC(CN3CCC(OC4CC(Oc5cc(N6C7CC[C@@H]6CN(c6cc(-c8ccccc8O)nnc6N)C7)ccn5)C4)CC3)CC2)no1. The molecule has 1 saturated carbocycles. The summed E-state index contributed by atoms with van der Waals surface area (Å²) in [5.74, 6) is -1.02. The molecule has 1 unspecified atom stereocenters. The Kier molecular flexibility index (Phi) is 15.6. The number of aromatic hydroxyl groups is 1. The van der Waals surface area contributed by atoms with Crippen molar-refractivity contribution in [3.63, 3.8) is 0 Å². The molecule has 19 nitrogen and oxygen atoms in total. The maximum atomic E-state index is 14.8. The van der Waals surface area contributed by atoms with Crippen LogP contribution in [0.3, 0.4) is 0 Å². The number of nitrogen functional groups attached to an aromatic ring is 1. The van der Waals surface area contributed by atoms with Gasteiger partial charge in [0.25, 0.3) is 0 Å². The summed E-state index contributed by atoms with van der Waals surface area (Å²) in [6, 6.07) is 16.9. The predicted octanol–water partition coefficient (Wildman–Crippen LogP) is 6.71. The van der Waals surface area contributed by atoms with Crippen LogP contribution in [0.4, 0.5) is 31.8 Å². The molecule has 2 bridgehead atoms. The van der Waals surface area contributed by atoms with Crippen molar-refractivity contribution in [1.29, 1.82) is 5.26 Å². The van der Waals surface area contributed by atoms with Crippen LogP contribution in [0.5, 0.6) is 11.6 Å². The van der Waals surface area contributed by atoms with Gasteiger partial charge in [0.05, 0.1) is 41.3 Å². The van der Waals surface area contributed by atoms with Crippen molar-refractivity contribution in [2.45, 2.75) is 133 Å². The van der Waals surface area contributed by atoms with Crippen LogP contribution in [-0.4, -0.2) is 147 Å². The summed E-state index contributed by atoms with van der Waals surface area (Å²) in [4.78, 5) is 43.4. The number of ether oxygens (including phenoxy) is 2. The molecule has 2 amide bonds. The van der Waals surface area contributed by atoms with Gasteiger partial charge in [0.1, 0.15) is 41.5 Å². The first kappa shape index (κ1) is 53.8. The molecule has 5 saturated heterocycles. The lowest BCUT2D eigenvalue weighted by Gasteiger charge is -2.43. The van der Waals surface area contributed by atoms with Crippen LogP contribution in [0.25, 0.3) is 11.3 Å². The van der Waals surface area contributed by atoms with E-state index in [0.717, 1.165) is 121 Å². The van der Waals surface area contributed by atoms with Gasteiger partial charge in [-0.1, -0.05) is 31.1 Å². The number of nitrogens with two attached hydrogens (primary N) is 1. The predicted molar refractivity (Wildman–Crippen MR) is 290 cm³/mol. The molecule has 6 fully saturated rings. The van der Waals surface area contributed by atoms with Crippen molar-refractivity contribution < 1.29 is 42.6 Å². The Hall–Kier alpha value is -7.15. The molecule has 5 aromatic rings. The number of rotatable bonds is 16. The number of halogens is 2. The fraction of sp³-hybridized carbons (Fsp3) is 0.534. The van der Waals surface area contributed by atoms with E-state index < -0.39 is 53.1 Å². The summed E-state index contributed by atoms with van der Waals surface area (Å²) >= 11 is 0. The van der Waals surface area contributed by atoms with Gasteiger partial charge in [-0.15, -0.1) is 10.2 Å². The molecule has 2 aromatic carbocycles. The Bertz CT molecular complexity index is 3030. The lowest BCUT2D eigenvalue weighted by Crippen LogP contribution is -2.54. The van der Waals surface area contributed by atoms with Crippen molar-refractivity contribution in [2.75, 3.05) is 72.8 Å². The number of anilines is 4. The van der Waals surface area contributed by atoms with Gasteiger partial charge >= 0.3 is 0 Å². The second kappa shape index (κ2) is 22.9. The molecule has 79 heavy (non-hydrogen) atoms. The Morgan fingerprint density at radius 1 is 0.873 bits per heavy atom. The summed E-state index contributed by atoms with van der Waals surface area (Å²) in [5, 5.41) is 45.8. The summed E-state index contributed by atoms with van der Waals surface area (Å²) in [7, 11) is 0. The van der Waals surface area contributed by atoms with Crippen molar-refractivity contribution in [1.82, 2.24) is 35.5 Å². The van der Waals surface area contributed by atoms with Gasteiger partial charge in [0.2, 0.25) is 17.7 Å². The number of β-amino-alcohol motifs (C(OH)–C–C–N with tert-alkyl or cyclic N) is 1. The number of carbonyl (C=O) groups is 2. The van der Waals surface area contributed by atoms with Crippen LogP contribution < -0.4 is 30.5 Å². The van der Waals surface area contributed by atoms with Crippen molar-refractivity contribution >= 4 is 34.8 Å². The smallest absolute Gasteiger partial charge is 0.243 e. The fourth-order valence-corrected chi connectivity index (χ4v) is 12.9. The molecule has 11 rings (SSSR count). The molecule has 5 N–H and O–H groups in total. The third-order valence-corrected chi connectivity index (χ3v) is 17.2. The molecule has 6 atom stereocenters. The molecule has 5 aliphatic heterocycles. The number of hydrogen-bond donors (Lipinski definition) is 4. The normalized spacial score (nSPS) is 24.6. The van der Waals surface area contributed by atoms with E-state index in [2.05, 4.69) is 57.4 Å². The molecule has 418 valence electrons. The largest absolute Gasteiger partial charge is 0.507 e. The Balaban J connectivity index is 0.603. The number of piperazine rings is 1. The zero-order valence-electron chi connectivity index (χ0n) is 45.0. The van der Waals surface area contributed by atoms with Crippen LogP contribution >= 0.6 is 0 Å². The number of aliphatic hydroxyl groups excluding tert-OH is 1. The molecule has 21 heteroatoms. The maximum absolute atomic E-state index is 14.8. The standard InChI is InChI=1S/C58H70F2N12O7/c1-33(2)55(58(76)71-32-40(73)22-50(71)57(75)64-34(3)45-25-46(59)36(28-61)20-47(45)60)52-27-53(67-79-52)69-18-11-35(12-19-69)29-68-16-13-41(14-17-68)77-42-23-43(24-42)78-54-21-37(10-15-63-54)72-38-8-9-39(72)31-70(30-38)49-26-48(65-66-56(49)62)44-6-4-5-7-51(44)74/h4-7,10,15,20-21,25-27,33-35,38-43,50,55,73-74H,8-9,11-14,16-19,22-24,29-32H2,1-3H3,(H2,62,66)(H,64,75)/t34-,38-,39?,40-,42?,43?,50+,55-/m1/s1. The van der Waals surface area contributed by atoms with Crippen LogP contribution in [0.15, 0.2) is 71.4 Å². The summed E-state index contributed by atoms with van der Waals surface area (Å²) < 4.78 is 48.1.